The highest BCUT2D eigenvalue weighted by molar-refractivity contribution is 5.82. The molecule has 0 bridgehead atoms. The molecule has 3 aromatic rings. The van der Waals surface area contributed by atoms with Crippen molar-refractivity contribution >= 4 is 11.0 Å². The van der Waals surface area contributed by atoms with Crippen molar-refractivity contribution in [2.75, 3.05) is 21.2 Å². The highest BCUT2D eigenvalue weighted by Gasteiger charge is 2.17. The van der Waals surface area contributed by atoms with E-state index in [0.29, 0.717) is 34.6 Å². The van der Waals surface area contributed by atoms with Gasteiger partial charge in [0.2, 0.25) is 11.2 Å². The van der Waals surface area contributed by atoms with Crippen LogP contribution in [0.5, 0.6) is 23.0 Å². The summed E-state index contributed by atoms with van der Waals surface area (Å²) in [5, 5.41) is 10.5. The van der Waals surface area contributed by atoms with E-state index >= 15 is 0 Å². The molecule has 0 saturated carbocycles. The molecule has 0 amide bonds. The molecule has 2 N–H and O–H groups in total. The molecule has 0 fully saturated rings. The van der Waals surface area contributed by atoms with Crippen molar-refractivity contribution in [1.82, 2.24) is 0 Å². The van der Waals surface area contributed by atoms with Crippen LogP contribution in [0.25, 0.3) is 11.0 Å². The smallest absolute Gasteiger partial charge is 0.235 e. The van der Waals surface area contributed by atoms with E-state index < -0.39 is 0 Å². The summed E-state index contributed by atoms with van der Waals surface area (Å²) in [5.74, 6) is 1.11. The van der Waals surface area contributed by atoms with Gasteiger partial charge >= 0.3 is 0 Å². The van der Waals surface area contributed by atoms with Crippen molar-refractivity contribution in [1.29, 1.82) is 0 Å². The summed E-state index contributed by atoms with van der Waals surface area (Å²) in [7, 11) is 5.44. The van der Waals surface area contributed by atoms with Gasteiger partial charge in [0.15, 0.2) is 17.1 Å². The van der Waals surface area contributed by atoms with Crippen LogP contribution in [0, 0.1) is 0 Å². The van der Waals surface area contributed by atoms with Crippen molar-refractivity contribution in [3.8, 4) is 23.0 Å². The van der Waals surface area contributed by atoms with Gasteiger partial charge in [0.1, 0.15) is 18.6 Å². The zero-order valence-electron chi connectivity index (χ0n) is 14.3. The first-order valence-electron chi connectivity index (χ1n) is 7.87. The molecule has 2 aromatic carbocycles. The van der Waals surface area contributed by atoms with E-state index in [-0.39, 0.29) is 16.9 Å². The minimum Gasteiger partial charge on any atom is -0.507 e. The molecule has 0 aliphatic carbocycles. The minimum absolute atomic E-state index is 0.0610. The Bertz CT molecular complexity index is 962. The average molecular weight is 342 g/mol. The Kier molecular flexibility index (Phi) is 4.63. The molecule has 6 nitrogen and oxygen atoms in total. The van der Waals surface area contributed by atoms with Crippen LogP contribution < -0.4 is 19.8 Å². The van der Waals surface area contributed by atoms with E-state index in [1.165, 1.54) is 19.4 Å². The maximum absolute atomic E-state index is 12.8. The SMILES string of the molecule is COc1ccccc1Oc1coc2c(C[NH+](C)C)c(O)ccc2c1=O. The van der Waals surface area contributed by atoms with Crippen molar-refractivity contribution < 1.29 is 23.9 Å². The van der Waals surface area contributed by atoms with Crippen LogP contribution in [0.1, 0.15) is 5.56 Å². The summed E-state index contributed by atoms with van der Waals surface area (Å²) < 4.78 is 16.6. The molecule has 130 valence electrons. The van der Waals surface area contributed by atoms with Gasteiger partial charge in [-0.05, 0) is 24.3 Å². The number of hydrogen-bond donors (Lipinski definition) is 2. The Hall–Kier alpha value is -2.99. The Morgan fingerprint density at radius 1 is 1.08 bits per heavy atom. The van der Waals surface area contributed by atoms with Crippen LogP contribution in [0.3, 0.4) is 0 Å². The van der Waals surface area contributed by atoms with E-state index in [0.717, 1.165) is 4.90 Å². The maximum Gasteiger partial charge on any atom is 0.235 e. The highest BCUT2D eigenvalue weighted by atomic mass is 16.5. The molecule has 6 heteroatoms. The number of fused-ring (bicyclic) bond motifs is 1. The molecule has 0 spiro atoms. The van der Waals surface area contributed by atoms with Crippen molar-refractivity contribution in [2.45, 2.75) is 6.54 Å². The van der Waals surface area contributed by atoms with Gasteiger partial charge in [0.05, 0.1) is 32.2 Å². The van der Waals surface area contributed by atoms with Crippen molar-refractivity contribution in [3.63, 3.8) is 0 Å². The molecule has 25 heavy (non-hydrogen) atoms. The Labute approximate surface area is 144 Å². The van der Waals surface area contributed by atoms with Crippen LogP contribution in [0.2, 0.25) is 0 Å². The van der Waals surface area contributed by atoms with Gasteiger partial charge in [-0.15, -0.1) is 0 Å². The largest absolute Gasteiger partial charge is 0.507 e. The van der Waals surface area contributed by atoms with E-state index in [1.54, 1.807) is 24.3 Å². The molecular formula is C19H20NO5+. The number of phenolic OH excluding ortho intramolecular Hbond substituents is 1. The summed E-state index contributed by atoms with van der Waals surface area (Å²) in [6.45, 7) is 0.527. The van der Waals surface area contributed by atoms with E-state index in [4.69, 9.17) is 13.9 Å². The number of hydrogen-bond acceptors (Lipinski definition) is 5. The average Bonchev–Trinajstić information content (AvgIpc) is 2.60. The monoisotopic (exact) mass is 342 g/mol. The molecule has 0 aliphatic heterocycles. The quantitative estimate of drug-likeness (QED) is 0.741. The first-order chi connectivity index (χ1) is 12.0. The third-order valence-corrected chi connectivity index (χ3v) is 3.81. The van der Waals surface area contributed by atoms with Crippen molar-refractivity contribution in [2.24, 2.45) is 0 Å². The number of methoxy groups -OCH3 is 1. The molecule has 0 saturated heterocycles. The molecule has 3 rings (SSSR count). The lowest BCUT2D eigenvalue weighted by Crippen LogP contribution is -3.04. The van der Waals surface area contributed by atoms with Crippen LogP contribution in [-0.4, -0.2) is 26.3 Å². The van der Waals surface area contributed by atoms with Gasteiger partial charge < -0.3 is 23.9 Å². The predicted molar refractivity (Wildman–Crippen MR) is 93.7 cm³/mol. The van der Waals surface area contributed by atoms with Gasteiger partial charge in [0, 0.05) is 0 Å². The molecule has 1 heterocycles. The summed E-state index contributed by atoms with van der Waals surface area (Å²) in [4.78, 5) is 13.9. The van der Waals surface area contributed by atoms with Gasteiger partial charge in [-0.3, -0.25) is 4.79 Å². The van der Waals surface area contributed by atoms with Gasteiger partial charge in [-0.1, -0.05) is 12.1 Å². The number of phenols is 1. The molecule has 0 atom stereocenters. The summed E-state index contributed by atoms with van der Waals surface area (Å²) in [6.07, 6.45) is 1.27. The van der Waals surface area contributed by atoms with Crippen LogP contribution in [0.15, 0.2) is 51.9 Å². The lowest BCUT2D eigenvalue weighted by molar-refractivity contribution is -0.872. The number of quaternary nitrogens is 1. The van der Waals surface area contributed by atoms with Crippen LogP contribution in [0.4, 0.5) is 0 Å². The zero-order valence-corrected chi connectivity index (χ0v) is 14.3. The molecule has 1 aromatic heterocycles. The first kappa shape index (κ1) is 16.9. The highest BCUT2D eigenvalue weighted by Crippen LogP contribution is 2.31. The van der Waals surface area contributed by atoms with Crippen molar-refractivity contribution in [3.05, 3.63) is 58.4 Å². The molecule has 0 unspecified atom stereocenters. The minimum atomic E-state index is -0.304. The van der Waals surface area contributed by atoms with E-state index in [9.17, 15) is 9.90 Å². The normalized spacial score (nSPS) is 11.0. The third-order valence-electron chi connectivity index (χ3n) is 3.81. The number of benzene rings is 2. The molecule has 0 radical (unpaired) electrons. The van der Waals surface area contributed by atoms with Crippen LogP contribution >= 0.6 is 0 Å². The number of aromatic hydroxyl groups is 1. The fourth-order valence-corrected chi connectivity index (χ4v) is 2.65. The third kappa shape index (κ3) is 3.29. The summed E-state index contributed by atoms with van der Waals surface area (Å²) >= 11 is 0. The second-order valence-corrected chi connectivity index (χ2v) is 6.01. The number of nitrogens with one attached hydrogen (secondary N) is 1. The molecular weight excluding hydrogens is 322 g/mol. The predicted octanol–water partition coefficient (Wildman–Crippen LogP) is 1.94. The lowest BCUT2D eigenvalue weighted by atomic mass is 10.1. The first-order valence-corrected chi connectivity index (χ1v) is 7.87. The van der Waals surface area contributed by atoms with E-state index in [2.05, 4.69) is 0 Å². The van der Waals surface area contributed by atoms with Gasteiger partial charge in [-0.25, -0.2) is 0 Å². The summed E-state index contributed by atoms with van der Waals surface area (Å²) in [5.41, 5.74) is 0.666. The summed E-state index contributed by atoms with van der Waals surface area (Å²) in [6, 6.07) is 10.1. The topological polar surface area (TPSA) is 73.3 Å². The Morgan fingerprint density at radius 2 is 1.80 bits per heavy atom. The Morgan fingerprint density at radius 3 is 2.48 bits per heavy atom. The fourth-order valence-electron chi connectivity index (χ4n) is 2.65. The van der Waals surface area contributed by atoms with E-state index in [1.807, 2.05) is 20.2 Å². The Balaban J connectivity index is 2.09. The number of rotatable bonds is 5. The number of ether oxygens (including phenoxy) is 2. The fraction of sp³-hybridized carbons (Fsp3) is 0.211. The standard InChI is InChI=1S/C19H19NO5/c1-20(2)10-13-14(21)9-8-12-18(22)17(11-24-19(12)13)25-16-7-5-4-6-15(16)23-3/h4-9,11,21H,10H2,1-3H3/p+1. The second-order valence-electron chi connectivity index (χ2n) is 6.01. The maximum atomic E-state index is 12.8. The number of para-hydroxylation sites is 2. The van der Waals surface area contributed by atoms with Gasteiger partial charge in [0.25, 0.3) is 0 Å². The molecule has 0 aliphatic rings. The lowest BCUT2D eigenvalue weighted by Gasteiger charge is -2.12. The van der Waals surface area contributed by atoms with Crippen LogP contribution in [-0.2, 0) is 6.54 Å². The zero-order chi connectivity index (χ0) is 18.0. The van der Waals surface area contributed by atoms with Gasteiger partial charge in [-0.2, -0.15) is 0 Å². The second kappa shape index (κ2) is 6.86.